The van der Waals surface area contributed by atoms with E-state index >= 15 is 0 Å². The number of benzene rings is 1. The smallest absolute Gasteiger partial charge is 0.338 e. The maximum Gasteiger partial charge on any atom is 0.338 e. The second-order valence-electron chi connectivity index (χ2n) is 3.76. The van der Waals surface area contributed by atoms with Gasteiger partial charge in [0.2, 0.25) is 0 Å². The second-order valence-corrected chi connectivity index (χ2v) is 6.23. The number of nitrogens with two attached hydrogens (primary N) is 2. The van der Waals surface area contributed by atoms with Crippen LogP contribution in [0.25, 0.3) is 0 Å². The van der Waals surface area contributed by atoms with Crippen molar-refractivity contribution in [2.24, 2.45) is 0 Å². The van der Waals surface area contributed by atoms with Gasteiger partial charge in [0.1, 0.15) is 6.61 Å². The number of sulfone groups is 1. The van der Waals surface area contributed by atoms with E-state index in [2.05, 4.69) is 0 Å². The summed E-state index contributed by atoms with van der Waals surface area (Å²) in [4.78, 5) is 11.6. The lowest BCUT2D eigenvalue weighted by molar-refractivity contribution is 0.0529. The summed E-state index contributed by atoms with van der Waals surface area (Å²) in [5.41, 5.74) is 12.0. The Kier molecular flexibility index (Phi) is 4.55. The molecule has 100 valence electrons. The Balaban J connectivity index is 2.61. The first-order chi connectivity index (χ1) is 8.34. The minimum atomic E-state index is -3.14. The number of hydrogen-bond acceptors (Lipinski definition) is 6. The molecule has 0 aliphatic carbocycles. The normalized spacial score (nSPS) is 11.2. The minimum absolute atomic E-state index is 0.0236. The molecule has 0 atom stereocenters. The van der Waals surface area contributed by atoms with Gasteiger partial charge >= 0.3 is 5.97 Å². The molecule has 0 amide bonds. The van der Waals surface area contributed by atoms with Gasteiger partial charge in [0.05, 0.1) is 11.3 Å². The van der Waals surface area contributed by atoms with Gasteiger partial charge in [0.15, 0.2) is 9.84 Å². The molecule has 1 aromatic carbocycles. The molecule has 0 fully saturated rings. The van der Waals surface area contributed by atoms with Gasteiger partial charge in [-0.25, -0.2) is 13.2 Å². The first-order valence-electron chi connectivity index (χ1n) is 5.37. The Bertz CT molecular complexity index is 520. The summed E-state index contributed by atoms with van der Waals surface area (Å²) >= 11 is 0. The van der Waals surface area contributed by atoms with Crippen molar-refractivity contribution in [2.75, 3.05) is 29.6 Å². The molecule has 0 aromatic heterocycles. The second kappa shape index (κ2) is 5.72. The van der Waals surface area contributed by atoms with E-state index in [4.69, 9.17) is 16.2 Å². The summed E-state index contributed by atoms with van der Waals surface area (Å²) in [5, 5.41) is 0. The van der Waals surface area contributed by atoms with Gasteiger partial charge in [-0.15, -0.1) is 0 Å². The summed E-state index contributed by atoms with van der Waals surface area (Å²) in [6.07, 6.45) is 0. The molecule has 0 aliphatic heterocycles. The van der Waals surface area contributed by atoms with Crippen LogP contribution in [0.1, 0.15) is 17.3 Å². The molecule has 0 radical (unpaired) electrons. The number of rotatable bonds is 5. The number of nitrogen functional groups attached to an aromatic ring is 2. The molecule has 0 saturated heterocycles. The summed E-state index contributed by atoms with van der Waals surface area (Å²) in [7, 11) is -3.14. The number of esters is 1. The molecule has 1 aromatic rings. The lowest BCUT2D eigenvalue weighted by Gasteiger charge is -2.06. The summed E-state index contributed by atoms with van der Waals surface area (Å²) in [5.74, 6) is -0.802. The molecule has 18 heavy (non-hydrogen) atoms. The SMILES string of the molecule is CCS(=O)(=O)CCOC(=O)c1cc(N)cc(N)c1. The van der Waals surface area contributed by atoms with Crippen LogP contribution in [0.3, 0.4) is 0 Å². The highest BCUT2D eigenvalue weighted by atomic mass is 32.2. The van der Waals surface area contributed by atoms with E-state index in [-0.39, 0.29) is 23.7 Å². The molecular weight excluding hydrogens is 256 g/mol. The number of ether oxygens (including phenoxy) is 1. The molecule has 0 unspecified atom stereocenters. The number of carbonyl (C=O) groups is 1. The lowest BCUT2D eigenvalue weighted by atomic mass is 10.2. The van der Waals surface area contributed by atoms with E-state index < -0.39 is 15.8 Å². The van der Waals surface area contributed by atoms with Crippen molar-refractivity contribution in [2.45, 2.75) is 6.92 Å². The third-order valence-electron chi connectivity index (χ3n) is 2.28. The molecule has 1 rings (SSSR count). The summed E-state index contributed by atoms with van der Waals surface area (Å²) in [6.45, 7) is 1.36. The predicted octanol–water partition coefficient (Wildman–Crippen LogP) is 0.442. The minimum Gasteiger partial charge on any atom is -0.461 e. The first-order valence-corrected chi connectivity index (χ1v) is 7.20. The topological polar surface area (TPSA) is 112 Å². The maximum atomic E-state index is 11.6. The van der Waals surface area contributed by atoms with Crippen LogP contribution in [0.5, 0.6) is 0 Å². The number of carbonyl (C=O) groups excluding carboxylic acids is 1. The Morgan fingerprint density at radius 1 is 1.22 bits per heavy atom. The summed E-state index contributed by atoms with van der Waals surface area (Å²) in [6, 6.07) is 4.36. The average Bonchev–Trinajstić information content (AvgIpc) is 2.27. The van der Waals surface area contributed by atoms with Crippen molar-refractivity contribution in [3.05, 3.63) is 23.8 Å². The van der Waals surface area contributed by atoms with E-state index in [1.165, 1.54) is 25.1 Å². The molecular formula is C11H16N2O4S. The Morgan fingerprint density at radius 3 is 2.28 bits per heavy atom. The highest BCUT2D eigenvalue weighted by Gasteiger charge is 2.12. The largest absolute Gasteiger partial charge is 0.461 e. The van der Waals surface area contributed by atoms with Gasteiger partial charge in [-0.1, -0.05) is 6.92 Å². The zero-order chi connectivity index (χ0) is 13.8. The molecule has 4 N–H and O–H groups in total. The standard InChI is InChI=1S/C11H16N2O4S/c1-2-18(15,16)4-3-17-11(14)8-5-9(12)7-10(13)6-8/h5-7H,2-4,12-13H2,1H3. The monoisotopic (exact) mass is 272 g/mol. The average molecular weight is 272 g/mol. The van der Waals surface area contributed by atoms with Crippen LogP contribution in [-0.2, 0) is 14.6 Å². The summed E-state index contributed by atoms with van der Waals surface area (Å²) < 4.78 is 27.2. The van der Waals surface area contributed by atoms with E-state index in [9.17, 15) is 13.2 Å². The molecule has 0 aliphatic rings. The Hall–Kier alpha value is -1.76. The van der Waals surface area contributed by atoms with E-state index in [1.54, 1.807) is 0 Å². The van der Waals surface area contributed by atoms with Gasteiger partial charge in [-0.2, -0.15) is 0 Å². The fourth-order valence-electron chi connectivity index (χ4n) is 1.28. The Morgan fingerprint density at radius 2 is 1.78 bits per heavy atom. The Labute approximate surface area is 106 Å². The van der Waals surface area contributed by atoms with Gasteiger partial charge in [0.25, 0.3) is 0 Å². The van der Waals surface area contributed by atoms with Gasteiger partial charge in [0, 0.05) is 17.1 Å². The zero-order valence-electron chi connectivity index (χ0n) is 10.0. The molecule has 0 heterocycles. The first kappa shape index (κ1) is 14.3. The van der Waals surface area contributed by atoms with Crippen molar-refractivity contribution in [3.8, 4) is 0 Å². The van der Waals surface area contributed by atoms with Crippen molar-refractivity contribution in [3.63, 3.8) is 0 Å². The molecule has 6 nitrogen and oxygen atoms in total. The molecule has 0 saturated carbocycles. The number of anilines is 2. The van der Waals surface area contributed by atoms with Gasteiger partial charge in [-0.3, -0.25) is 0 Å². The van der Waals surface area contributed by atoms with Crippen LogP contribution in [0.15, 0.2) is 18.2 Å². The van der Waals surface area contributed by atoms with Crippen LogP contribution in [0, 0.1) is 0 Å². The van der Waals surface area contributed by atoms with E-state index in [1.807, 2.05) is 0 Å². The fraction of sp³-hybridized carbons (Fsp3) is 0.364. The molecule has 0 bridgehead atoms. The number of hydrogen-bond donors (Lipinski definition) is 2. The van der Waals surface area contributed by atoms with Crippen LogP contribution in [-0.4, -0.2) is 32.5 Å². The predicted molar refractivity (Wildman–Crippen MR) is 69.9 cm³/mol. The zero-order valence-corrected chi connectivity index (χ0v) is 10.9. The third-order valence-corrected chi connectivity index (χ3v) is 3.95. The quantitative estimate of drug-likeness (QED) is 0.594. The van der Waals surface area contributed by atoms with Crippen LogP contribution >= 0.6 is 0 Å². The lowest BCUT2D eigenvalue weighted by Crippen LogP contribution is -2.17. The van der Waals surface area contributed by atoms with E-state index in [0.717, 1.165) is 0 Å². The highest BCUT2D eigenvalue weighted by molar-refractivity contribution is 7.91. The maximum absolute atomic E-state index is 11.6. The highest BCUT2D eigenvalue weighted by Crippen LogP contribution is 2.14. The van der Waals surface area contributed by atoms with Crippen LogP contribution in [0.2, 0.25) is 0 Å². The van der Waals surface area contributed by atoms with Gasteiger partial charge < -0.3 is 16.2 Å². The fourth-order valence-corrected chi connectivity index (χ4v) is 1.91. The van der Waals surface area contributed by atoms with Crippen molar-refractivity contribution >= 4 is 27.2 Å². The molecule has 7 heteroatoms. The van der Waals surface area contributed by atoms with Gasteiger partial charge in [-0.05, 0) is 18.2 Å². The van der Waals surface area contributed by atoms with Crippen LogP contribution in [0.4, 0.5) is 11.4 Å². The van der Waals surface area contributed by atoms with E-state index in [0.29, 0.717) is 11.4 Å². The van der Waals surface area contributed by atoms with Crippen molar-refractivity contribution < 1.29 is 17.9 Å². The van der Waals surface area contributed by atoms with Crippen molar-refractivity contribution in [1.82, 2.24) is 0 Å². The van der Waals surface area contributed by atoms with Crippen LogP contribution < -0.4 is 11.5 Å². The molecule has 0 spiro atoms. The van der Waals surface area contributed by atoms with Crippen molar-refractivity contribution in [1.29, 1.82) is 0 Å². The third kappa shape index (κ3) is 4.25.